The van der Waals surface area contributed by atoms with E-state index in [0.717, 1.165) is 10.9 Å². The van der Waals surface area contributed by atoms with Crippen LogP contribution in [0.2, 0.25) is 0 Å². The van der Waals surface area contributed by atoms with Crippen LogP contribution in [0.15, 0.2) is 60.8 Å². The van der Waals surface area contributed by atoms with Gasteiger partial charge in [-0.15, -0.1) is 0 Å². The molecule has 5 heteroatoms. The van der Waals surface area contributed by atoms with Crippen molar-refractivity contribution in [3.63, 3.8) is 0 Å². The van der Waals surface area contributed by atoms with E-state index in [9.17, 15) is 13.5 Å². The Kier molecular flexibility index (Phi) is 3.53. The highest BCUT2D eigenvalue weighted by Crippen LogP contribution is 2.21. The molecule has 0 unspecified atom stereocenters. The first-order valence-corrected chi connectivity index (χ1v) is 8.19. The van der Waals surface area contributed by atoms with Crippen molar-refractivity contribution >= 4 is 20.9 Å². The third-order valence-electron chi connectivity index (χ3n) is 3.40. The van der Waals surface area contributed by atoms with Gasteiger partial charge in [-0.2, -0.15) is 0 Å². The molecule has 0 amide bonds. The van der Waals surface area contributed by atoms with Crippen molar-refractivity contribution in [3.05, 3.63) is 71.9 Å². The Balaban J connectivity index is 2.06. The van der Waals surface area contributed by atoms with Gasteiger partial charge in [0.25, 0.3) is 0 Å². The highest BCUT2D eigenvalue weighted by molar-refractivity contribution is 7.89. The summed E-state index contributed by atoms with van der Waals surface area (Å²) < 4.78 is 26.4. The van der Waals surface area contributed by atoms with Crippen LogP contribution in [0.1, 0.15) is 11.1 Å². The summed E-state index contributed by atoms with van der Waals surface area (Å²) in [7, 11) is -3.49. The van der Waals surface area contributed by atoms with E-state index in [4.69, 9.17) is 0 Å². The molecule has 0 atom stereocenters. The second kappa shape index (κ2) is 5.35. The fourth-order valence-corrected chi connectivity index (χ4v) is 3.80. The predicted octanol–water partition coefficient (Wildman–Crippen LogP) is 2.51. The Bertz CT molecular complexity index is 867. The Labute approximate surface area is 123 Å². The van der Waals surface area contributed by atoms with Crippen LogP contribution < -0.4 is 0 Å². The van der Waals surface area contributed by atoms with Gasteiger partial charge in [0, 0.05) is 11.6 Å². The molecule has 0 bridgehead atoms. The molecule has 1 heterocycles. The molecule has 1 N–H and O–H groups in total. The number of benzene rings is 2. The Hall–Kier alpha value is -2.11. The van der Waals surface area contributed by atoms with Crippen molar-refractivity contribution in [3.8, 4) is 0 Å². The molecule has 0 radical (unpaired) electrons. The number of aliphatic hydroxyl groups is 1. The molecule has 2 aromatic carbocycles. The summed E-state index contributed by atoms with van der Waals surface area (Å²) in [6, 6.07) is 16.2. The lowest BCUT2D eigenvalue weighted by atomic mass is 10.2. The quantitative estimate of drug-likeness (QED) is 0.805. The standard InChI is InChI=1S/C16H15NO3S/c18-11-14-6-7-15-8-9-17(16(15)10-14)21(19,20)12-13-4-2-1-3-5-13/h1-10,18H,11-12H2. The number of hydrogen-bond donors (Lipinski definition) is 1. The fourth-order valence-electron chi connectivity index (χ4n) is 2.34. The van der Waals surface area contributed by atoms with Crippen molar-refractivity contribution in [2.24, 2.45) is 0 Å². The third-order valence-corrected chi connectivity index (χ3v) is 5.01. The van der Waals surface area contributed by atoms with Gasteiger partial charge in [0.1, 0.15) is 0 Å². The zero-order chi connectivity index (χ0) is 14.9. The van der Waals surface area contributed by atoms with Gasteiger partial charge in [-0.3, -0.25) is 0 Å². The molecule has 3 aromatic rings. The molecule has 4 nitrogen and oxygen atoms in total. The summed E-state index contributed by atoms with van der Waals surface area (Å²) in [5, 5.41) is 10.0. The second-order valence-corrected chi connectivity index (χ2v) is 6.75. The number of aliphatic hydroxyl groups excluding tert-OH is 1. The maximum absolute atomic E-state index is 12.6. The summed E-state index contributed by atoms with van der Waals surface area (Å²) in [5.41, 5.74) is 2.03. The highest BCUT2D eigenvalue weighted by Gasteiger charge is 2.16. The van der Waals surface area contributed by atoms with E-state index in [1.54, 1.807) is 36.5 Å². The van der Waals surface area contributed by atoms with Crippen LogP contribution in [0, 0.1) is 0 Å². The topological polar surface area (TPSA) is 59.3 Å². The summed E-state index contributed by atoms with van der Waals surface area (Å²) in [5.74, 6) is -0.0546. The van der Waals surface area contributed by atoms with E-state index in [-0.39, 0.29) is 12.4 Å². The number of fused-ring (bicyclic) bond motifs is 1. The van der Waals surface area contributed by atoms with E-state index >= 15 is 0 Å². The summed E-state index contributed by atoms with van der Waals surface area (Å²) in [6.07, 6.45) is 1.56. The summed E-state index contributed by atoms with van der Waals surface area (Å²) in [6.45, 7) is -0.111. The number of rotatable bonds is 4. The molecular weight excluding hydrogens is 286 g/mol. The van der Waals surface area contributed by atoms with E-state index in [0.29, 0.717) is 11.1 Å². The SMILES string of the molecule is O=S(=O)(Cc1ccccc1)n1ccc2ccc(CO)cc21. The molecular formula is C16H15NO3S. The van der Waals surface area contributed by atoms with Crippen LogP contribution in [0.3, 0.4) is 0 Å². The Morgan fingerprint density at radius 1 is 0.952 bits per heavy atom. The maximum Gasteiger partial charge on any atom is 0.243 e. The molecule has 0 aliphatic heterocycles. The number of nitrogens with zero attached hydrogens (tertiary/aromatic N) is 1. The van der Waals surface area contributed by atoms with Crippen LogP contribution in [-0.4, -0.2) is 17.5 Å². The van der Waals surface area contributed by atoms with E-state index in [2.05, 4.69) is 0 Å². The first kappa shape index (κ1) is 13.9. The van der Waals surface area contributed by atoms with Crippen molar-refractivity contribution < 1.29 is 13.5 Å². The number of aromatic nitrogens is 1. The van der Waals surface area contributed by atoms with Gasteiger partial charge < -0.3 is 5.11 Å². The van der Waals surface area contributed by atoms with Crippen molar-refractivity contribution in [1.82, 2.24) is 3.97 Å². The average molecular weight is 301 g/mol. The van der Waals surface area contributed by atoms with Gasteiger partial charge in [0.05, 0.1) is 17.9 Å². The fraction of sp³-hybridized carbons (Fsp3) is 0.125. The van der Waals surface area contributed by atoms with Crippen LogP contribution in [0.4, 0.5) is 0 Å². The van der Waals surface area contributed by atoms with E-state index < -0.39 is 10.0 Å². The van der Waals surface area contributed by atoms with Crippen LogP contribution >= 0.6 is 0 Å². The zero-order valence-corrected chi connectivity index (χ0v) is 12.1. The lowest BCUT2D eigenvalue weighted by Crippen LogP contribution is -2.14. The monoisotopic (exact) mass is 301 g/mol. The van der Waals surface area contributed by atoms with Crippen LogP contribution in [0.5, 0.6) is 0 Å². The van der Waals surface area contributed by atoms with Gasteiger partial charge in [0.2, 0.25) is 10.0 Å². The van der Waals surface area contributed by atoms with Gasteiger partial charge in [-0.25, -0.2) is 12.4 Å². The van der Waals surface area contributed by atoms with Crippen LogP contribution in [0.25, 0.3) is 10.9 Å². The molecule has 0 saturated heterocycles. The van der Waals surface area contributed by atoms with Gasteiger partial charge >= 0.3 is 0 Å². The molecule has 0 aliphatic carbocycles. The van der Waals surface area contributed by atoms with E-state index in [1.807, 2.05) is 24.3 Å². The van der Waals surface area contributed by atoms with E-state index in [1.165, 1.54) is 3.97 Å². The molecule has 0 saturated carbocycles. The smallest absolute Gasteiger partial charge is 0.243 e. The molecule has 21 heavy (non-hydrogen) atoms. The first-order valence-electron chi connectivity index (χ1n) is 6.58. The second-order valence-electron chi connectivity index (χ2n) is 4.90. The Morgan fingerprint density at radius 3 is 2.43 bits per heavy atom. The minimum atomic E-state index is -3.49. The lowest BCUT2D eigenvalue weighted by molar-refractivity contribution is 0.282. The average Bonchev–Trinajstić information content (AvgIpc) is 2.91. The minimum Gasteiger partial charge on any atom is -0.392 e. The van der Waals surface area contributed by atoms with Gasteiger partial charge in [-0.05, 0) is 23.3 Å². The van der Waals surface area contributed by atoms with Crippen molar-refractivity contribution in [2.75, 3.05) is 0 Å². The lowest BCUT2D eigenvalue weighted by Gasteiger charge is -2.08. The number of hydrogen-bond acceptors (Lipinski definition) is 3. The molecule has 0 fully saturated rings. The molecule has 3 rings (SSSR count). The zero-order valence-electron chi connectivity index (χ0n) is 11.3. The van der Waals surface area contributed by atoms with Crippen LogP contribution in [-0.2, 0) is 22.4 Å². The largest absolute Gasteiger partial charge is 0.392 e. The summed E-state index contributed by atoms with van der Waals surface area (Å²) >= 11 is 0. The van der Waals surface area contributed by atoms with Crippen molar-refractivity contribution in [2.45, 2.75) is 12.4 Å². The Morgan fingerprint density at radius 2 is 1.71 bits per heavy atom. The minimum absolute atomic E-state index is 0.0546. The molecule has 108 valence electrons. The maximum atomic E-state index is 12.6. The van der Waals surface area contributed by atoms with Gasteiger partial charge in [0.15, 0.2) is 0 Å². The normalized spacial score (nSPS) is 11.9. The summed E-state index contributed by atoms with van der Waals surface area (Å²) in [4.78, 5) is 0. The molecule has 0 spiro atoms. The first-order chi connectivity index (χ1) is 10.1. The molecule has 0 aliphatic rings. The predicted molar refractivity (Wildman–Crippen MR) is 82.3 cm³/mol. The van der Waals surface area contributed by atoms with Crippen molar-refractivity contribution in [1.29, 1.82) is 0 Å². The van der Waals surface area contributed by atoms with Gasteiger partial charge in [-0.1, -0.05) is 42.5 Å². The highest BCUT2D eigenvalue weighted by atomic mass is 32.2. The third kappa shape index (κ3) is 2.70. The molecule has 1 aromatic heterocycles.